The first-order chi connectivity index (χ1) is 10.2. The van der Waals surface area contributed by atoms with E-state index in [1.54, 1.807) is 11.3 Å². The summed E-state index contributed by atoms with van der Waals surface area (Å²) in [6, 6.07) is 10.3. The Kier molecular flexibility index (Phi) is 6.55. The summed E-state index contributed by atoms with van der Waals surface area (Å²) in [6.07, 6.45) is 1.09. The zero-order valence-electron chi connectivity index (χ0n) is 12.2. The number of thiophene rings is 1. The Hall–Kier alpha value is -0.550. The van der Waals surface area contributed by atoms with Gasteiger partial charge in [-0.1, -0.05) is 40.5 Å². The molecule has 2 aromatic rings. The van der Waals surface area contributed by atoms with E-state index in [0.717, 1.165) is 27.5 Å². The van der Waals surface area contributed by atoms with Gasteiger partial charge in [-0.25, -0.2) is 0 Å². The lowest BCUT2D eigenvalue weighted by molar-refractivity contribution is 0.340. The van der Waals surface area contributed by atoms with Crippen molar-refractivity contribution in [2.45, 2.75) is 26.3 Å². The molecule has 1 aromatic carbocycles. The molecule has 1 unspecified atom stereocenters. The number of ether oxygens (including phenoxy) is 1. The minimum atomic E-state index is 0.146. The molecule has 1 aromatic heterocycles. The second-order valence-electron chi connectivity index (χ2n) is 4.65. The summed E-state index contributed by atoms with van der Waals surface area (Å²) in [5.41, 5.74) is 1.20. The van der Waals surface area contributed by atoms with Crippen molar-refractivity contribution in [3.63, 3.8) is 0 Å². The van der Waals surface area contributed by atoms with Crippen LogP contribution in [0, 0.1) is 0 Å². The predicted molar refractivity (Wildman–Crippen MR) is 94.8 cm³/mol. The van der Waals surface area contributed by atoms with Crippen LogP contribution in [0.1, 0.15) is 36.8 Å². The Morgan fingerprint density at radius 2 is 2.10 bits per heavy atom. The zero-order chi connectivity index (χ0) is 15.2. The molecule has 0 radical (unpaired) electrons. The molecule has 0 bridgehead atoms. The average molecular weight is 389 g/mol. The smallest absolute Gasteiger partial charge is 0.120 e. The van der Waals surface area contributed by atoms with Gasteiger partial charge >= 0.3 is 0 Å². The monoisotopic (exact) mass is 387 g/mol. The molecule has 0 amide bonds. The maximum Gasteiger partial charge on any atom is 0.120 e. The van der Waals surface area contributed by atoms with Crippen LogP contribution in [0.15, 0.2) is 34.8 Å². The van der Waals surface area contributed by atoms with Gasteiger partial charge in [0, 0.05) is 9.35 Å². The second kappa shape index (κ2) is 8.18. The van der Waals surface area contributed by atoms with Crippen molar-refractivity contribution in [3.05, 3.63) is 49.6 Å². The first-order valence-corrected chi connectivity index (χ1v) is 9.05. The van der Waals surface area contributed by atoms with Gasteiger partial charge in [-0.15, -0.1) is 11.3 Å². The fourth-order valence-corrected chi connectivity index (χ4v) is 3.88. The van der Waals surface area contributed by atoms with E-state index in [1.165, 1.54) is 10.4 Å². The van der Waals surface area contributed by atoms with E-state index in [9.17, 15) is 0 Å². The van der Waals surface area contributed by atoms with Gasteiger partial charge < -0.3 is 10.1 Å². The first-order valence-electron chi connectivity index (χ1n) is 7.06. The van der Waals surface area contributed by atoms with Gasteiger partial charge in [-0.05, 0) is 49.7 Å². The Bertz CT molecular complexity index is 587. The van der Waals surface area contributed by atoms with E-state index in [0.29, 0.717) is 6.61 Å². The van der Waals surface area contributed by atoms with Crippen LogP contribution >= 0.6 is 38.9 Å². The molecular formula is C16H19BrClNOS. The largest absolute Gasteiger partial charge is 0.494 e. The quantitative estimate of drug-likeness (QED) is 0.661. The van der Waals surface area contributed by atoms with Crippen molar-refractivity contribution in [2.24, 2.45) is 0 Å². The summed E-state index contributed by atoms with van der Waals surface area (Å²) in [5, 5.41) is 3.59. The number of hydrogen-bond donors (Lipinski definition) is 1. The van der Waals surface area contributed by atoms with Gasteiger partial charge in [0.15, 0.2) is 0 Å². The minimum absolute atomic E-state index is 0.146. The highest BCUT2D eigenvalue weighted by Crippen LogP contribution is 2.35. The van der Waals surface area contributed by atoms with Gasteiger partial charge in [-0.3, -0.25) is 0 Å². The number of rotatable bonds is 7. The molecule has 2 nitrogen and oxygen atoms in total. The highest BCUT2D eigenvalue weighted by Gasteiger charge is 2.18. The zero-order valence-corrected chi connectivity index (χ0v) is 15.3. The SMILES string of the molecule is CCCNC(c1ccc(Cl)s1)c1ccc(OCC)cc1Br. The summed E-state index contributed by atoms with van der Waals surface area (Å²) in [7, 11) is 0. The van der Waals surface area contributed by atoms with Crippen molar-refractivity contribution in [1.82, 2.24) is 5.32 Å². The fourth-order valence-electron chi connectivity index (χ4n) is 2.13. The molecule has 5 heteroatoms. The van der Waals surface area contributed by atoms with E-state index in [1.807, 2.05) is 25.1 Å². The van der Waals surface area contributed by atoms with E-state index >= 15 is 0 Å². The van der Waals surface area contributed by atoms with Crippen molar-refractivity contribution in [2.75, 3.05) is 13.2 Å². The lowest BCUT2D eigenvalue weighted by atomic mass is 10.0. The normalized spacial score (nSPS) is 12.4. The molecule has 0 saturated heterocycles. The van der Waals surface area contributed by atoms with E-state index in [-0.39, 0.29) is 6.04 Å². The Balaban J connectivity index is 2.32. The molecule has 1 N–H and O–H groups in total. The summed E-state index contributed by atoms with van der Waals surface area (Å²) < 4.78 is 7.41. The van der Waals surface area contributed by atoms with Gasteiger partial charge in [0.05, 0.1) is 17.0 Å². The van der Waals surface area contributed by atoms with Crippen LogP contribution < -0.4 is 10.1 Å². The average Bonchev–Trinajstić information content (AvgIpc) is 2.88. The highest BCUT2D eigenvalue weighted by atomic mass is 79.9. The minimum Gasteiger partial charge on any atom is -0.494 e. The third-order valence-electron chi connectivity index (χ3n) is 3.07. The summed E-state index contributed by atoms with van der Waals surface area (Å²) >= 11 is 11.4. The van der Waals surface area contributed by atoms with Crippen LogP contribution in [-0.4, -0.2) is 13.2 Å². The molecular weight excluding hydrogens is 370 g/mol. The molecule has 0 aliphatic carbocycles. The second-order valence-corrected chi connectivity index (χ2v) is 7.25. The third kappa shape index (κ3) is 4.46. The number of hydrogen-bond acceptors (Lipinski definition) is 3. The molecule has 0 fully saturated rings. The van der Waals surface area contributed by atoms with Gasteiger partial charge in [0.25, 0.3) is 0 Å². The number of halogens is 2. The number of benzene rings is 1. The summed E-state index contributed by atoms with van der Waals surface area (Å²) in [6.45, 7) is 5.78. The van der Waals surface area contributed by atoms with E-state index in [4.69, 9.17) is 16.3 Å². The highest BCUT2D eigenvalue weighted by molar-refractivity contribution is 9.10. The van der Waals surface area contributed by atoms with Gasteiger partial charge in [-0.2, -0.15) is 0 Å². The molecule has 2 rings (SSSR count). The molecule has 0 saturated carbocycles. The Labute approximate surface area is 143 Å². The lowest BCUT2D eigenvalue weighted by Gasteiger charge is -2.19. The molecule has 1 atom stereocenters. The molecule has 1 heterocycles. The topological polar surface area (TPSA) is 21.3 Å². The van der Waals surface area contributed by atoms with E-state index < -0.39 is 0 Å². The maximum absolute atomic E-state index is 6.09. The van der Waals surface area contributed by atoms with Crippen molar-refractivity contribution in [3.8, 4) is 5.75 Å². The van der Waals surface area contributed by atoms with E-state index in [2.05, 4.69) is 40.3 Å². The Morgan fingerprint density at radius 3 is 2.67 bits per heavy atom. The van der Waals surface area contributed by atoms with Crippen LogP contribution in [-0.2, 0) is 0 Å². The summed E-state index contributed by atoms with van der Waals surface area (Å²) in [5.74, 6) is 0.881. The fraction of sp³-hybridized carbons (Fsp3) is 0.375. The standard InChI is InChI=1S/C16H19BrClNOS/c1-3-9-19-16(14-7-8-15(18)21-14)12-6-5-11(20-4-2)10-13(12)17/h5-8,10,16,19H,3-4,9H2,1-2H3. The van der Waals surface area contributed by atoms with Crippen LogP contribution in [0.5, 0.6) is 5.75 Å². The molecule has 0 spiro atoms. The Morgan fingerprint density at radius 1 is 1.29 bits per heavy atom. The first kappa shape index (κ1) is 16.8. The maximum atomic E-state index is 6.09. The van der Waals surface area contributed by atoms with Crippen molar-refractivity contribution in [1.29, 1.82) is 0 Å². The third-order valence-corrected chi connectivity index (χ3v) is 5.05. The van der Waals surface area contributed by atoms with Crippen molar-refractivity contribution >= 4 is 38.9 Å². The summed E-state index contributed by atoms with van der Waals surface area (Å²) in [4.78, 5) is 1.22. The van der Waals surface area contributed by atoms with Crippen LogP contribution in [0.2, 0.25) is 4.34 Å². The van der Waals surface area contributed by atoms with Crippen molar-refractivity contribution < 1.29 is 4.74 Å². The van der Waals surface area contributed by atoms with Crippen LogP contribution in [0.3, 0.4) is 0 Å². The molecule has 0 aliphatic rings. The lowest BCUT2D eigenvalue weighted by Crippen LogP contribution is -2.22. The van der Waals surface area contributed by atoms with Gasteiger partial charge in [0.1, 0.15) is 5.75 Å². The van der Waals surface area contributed by atoms with Crippen LogP contribution in [0.25, 0.3) is 0 Å². The van der Waals surface area contributed by atoms with Crippen LogP contribution in [0.4, 0.5) is 0 Å². The molecule has 114 valence electrons. The number of nitrogens with one attached hydrogen (secondary N) is 1. The predicted octanol–water partition coefficient (Wildman–Crippen LogP) is 5.65. The molecule has 21 heavy (non-hydrogen) atoms. The molecule has 0 aliphatic heterocycles. The van der Waals surface area contributed by atoms with Gasteiger partial charge in [0.2, 0.25) is 0 Å².